The molecule has 1 atom stereocenters. The van der Waals surface area contributed by atoms with Gasteiger partial charge in [-0.2, -0.15) is 0 Å². The lowest BCUT2D eigenvalue weighted by molar-refractivity contribution is -0.151. The van der Waals surface area contributed by atoms with Crippen LogP contribution in [0.2, 0.25) is 0 Å². The van der Waals surface area contributed by atoms with Gasteiger partial charge < -0.3 is 19.5 Å². The number of carboxylic acids is 1. The van der Waals surface area contributed by atoms with Crippen molar-refractivity contribution in [3.05, 3.63) is 23.8 Å². The molecule has 0 unspecified atom stereocenters. The van der Waals surface area contributed by atoms with Crippen molar-refractivity contribution in [2.75, 3.05) is 19.9 Å². The molecular weight excluding hydrogens is 322 g/mol. The molecular formula is C19H25NO5. The molecule has 0 aromatic heterocycles. The van der Waals surface area contributed by atoms with Gasteiger partial charge in [0.25, 0.3) is 0 Å². The van der Waals surface area contributed by atoms with Gasteiger partial charge in [0, 0.05) is 19.5 Å². The zero-order chi connectivity index (χ0) is 18.2. The molecule has 3 rings (SSSR count). The minimum absolute atomic E-state index is 0.0393. The highest BCUT2D eigenvalue weighted by atomic mass is 16.7. The van der Waals surface area contributed by atoms with Crippen molar-refractivity contribution in [1.82, 2.24) is 4.90 Å². The van der Waals surface area contributed by atoms with Crippen LogP contribution in [-0.4, -0.2) is 41.8 Å². The molecule has 25 heavy (non-hydrogen) atoms. The molecule has 0 spiro atoms. The van der Waals surface area contributed by atoms with Gasteiger partial charge in [-0.25, -0.2) is 0 Å². The quantitative estimate of drug-likeness (QED) is 0.886. The van der Waals surface area contributed by atoms with Gasteiger partial charge in [-0.15, -0.1) is 0 Å². The second kappa shape index (κ2) is 6.24. The molecule has 1 amide bonds. The third kappa shape index (κ3) is 3.72. The van der Waals surface area contributed by atoms with E-state index in [0.29, 0.717) is 13.0 Å². The van der Waals surface area contributed by atoms with E-state index in [1.54, 1.807) is 18.7 Å². The van der Waals surface area contributed by atoms with Gasteiger partial charge in [0.15, 0.2) is 11.5 Å². The number of rotatable bonds is 5. The van der Waals surface area contributed by atoms with Crippen LogP contribution in [0.1, 0.15) is 39.2 Å². The van der Waals surface area contributed by atoms with Gasteiger partial charge >= 0.3 is 5.97 Å². The first-order valence-electron chi connectivity index (χ1n) is 8.58. The Morgan fingerprint density at radius 3 is 2.76 bits per heavy atom. The lowest BCUT2D eigenvalue weighted by Gasteiger charge is -2.42. The summed E-state index contributed by atoms with van der Waals surface area (Å²) < 4.78 is 10.8. The summed E-state index contributed by atoms with van der Waals surface area (Å²) in [5.74, 6) is 0.676. The summed E-state index contributed by atoms with van der Waals surface area (Å²) in [4.78, 5) is 25.4. The summed E-state index contributed by atoms with van der Waals surface area (Å²) in [5.41, 5.74) is 0.0987. The van der Waals surface area contributed by atoms with Crippen LogP contribution >= 0.6 is 0 Å². The van der Waals surface area contributed by atoms with Gasteiger partial charge in [0.2, 0.25) is 12.7 Å². The summed E-state index contributed by atoms with van der Waals surface area (Å²) in [6.07, 6.45) is 2.06. The van der Waals surface area contributed by atoms with Crippen LogP contribution < -0.4 is 9.47 Å². The Morgan fingerprint density at radius 1 is 1.32 bits per heavy atom. The van der Waals surface area contributed by atoms with Crippen LogP contribution in [0.3, 0.4) is 0 Å². The van der Waals surface area contributed by atoms with Crippen molar-refractivity contribution in [2.24, 2.45) is 10.8 Å². The summed E-state index contributed by atoms with van der Waals surface area (Å²) >= 11 is 0. The summed E-state index contributed by atoms with van der Waals surface area (Å²) in [6, 6.07) is 5.94. The zero-order valence-electron chi connectivity index (χ0n) is 15.0. The fraction of sp³-hybridized carbons (Fsp3) is 0.579. The predicted molar refractivity (Wildman–Crippen MR) is 91.6 cm³/mol. The number of aliphatic carboxylic acids is 1. The highest BCUT2D eigenvalue weighted by molar-refractivity contribution is 5.79. The number of hydrogen-bond acceptors (Lipinski definition) is 4. The molecule has 1 aromatic rings. The minimum atomic E-state index is -0.952. The lowest BCUT2D eigenvalue weighted by atomic mass is 9.76. The fourth-order valence-corrected chi connectivity index (χ4v) is 3.57. The molecule has 2 aliphatic rings. The number of piperidine rings is 1. The van der Waals surface area contributed by atoms with E-state index < -0.39 is 11.4 Å². The maximum Gasteiger partial charge on any atom is 0.310 e. The highest BCUT2D eigenvalue weighted by Crippen LogP contribution is 2.38. The number of nitrogens with zero attached hydrogens (tertiary/aromatic N) is 1. The van der Waals surface area contributed by atoms with Gasteiger partial charge in [0.1, 0.15) is 0 Å². The highest BCUT2D eigenvalue weighted by Gasteiger charge is 2.39. The first-order chi connectivity index (χ1) is 11.7. The molecule has 1 saturated heterocycles. The van der Waals surface area contributed by atoms with Crippen LogP contribution in [0.15, 0.2) is 18.2 Å². The van der Waals surface area contributed by atoms with E-state index in [9.17, 15) is 14.7 Å². The molecule has 2 aliphatic heterocycles. The predicted octanol–water partition coefficient (Wildman–Crippen LogP) is 2.70. The SMILES string of the molecule is CC(C)(CN1C[C@@](C)(Cc2ccc3c(c2)OCO3)CCC1=O)C(=O)O. The van der Waals surface area contributed by atoms with Crippen molar-refractivity contribution < 1.29 is 24.2 Å². The van der Waals surface area contributed by atoms with Crippen LogP contribution in [-0.2, 0) is 16.0 Å². The van der Waals surface area contributed by atoms with Crippen LogP contribution in [0.5, 0.6) is 11.5 Å². The van der Waals surface area contributed by atoms with Gasteiger partial charge in [-0.3, -0.25) is 9.59 Å². The number of amides is 1. The van der Waals surface area contributed by atoms with Gasteiger partial charge in [-0.1, -0.05) is 13.0 Å². The van der Waals surface area contributed by atoms with Crippen LogP contribution in [0.25, 0.3) is 0 Å². The molecule has 2 heterocycles. The van der Waals surface area contributed by atoms with E-state index in [1.807, 2.05) is 18.2 Å². The minimum Gasteiger partial charge on any atom is -0.481 e. The van der Waals surface area contributed by atoms with Gasteiger partial charge in [-0.05, 0) is 49.8 Å². The number of carboxylic acid groups (broad SMARTS) is 1. The van der Waals surface area contributed by atoms with E-state index in [0.717, 1.165) is 29.9 Å². The molecule has 6 nitrogen and oxygen atoms in total. The lowest BCUT2D eigenvalue weighted by Crippen LogP contribution is -2.50. The van der Waals surface area contributed by atoms with Crippen LogP contribution in [0, 0.1) is 10.8 Å². The average molecular weight is 347 g/mol. The zero-order valence-corrected chi connectivity index (χ0v) is 15.0. The first kappa shape index (κ1) is 17.6. The third-order valence-corrected chi connectivity index (χ3v) is 5.10. The molecule has 0 aliphatic carbocycles. The molecule has 136 valence electrons. The molecule has 6 heteroatoms. The maximum atomic E-state index is 12.3. The Labute approximate surface area is 147 Å². The molecule has 1 fully saturated rings. The summed E-state index contributed by atoms with van der Waals surface area (Å²) in [7, 11) is 0. The van der Waals surface area contributed by atoms with Gasteiger partial charge in [0.05, 0.1) is 5.41 Å². The number of ether oxygens (including phenoxy) is 2. The number of likely N-dealkylation sites (tertiary alicyclic amines) is 1. The van der Waals surface area contributed by atoms with Crippen molar-refractivity contribution in [3.8, 4) is 11.5 Å². The Kier molecular flexibility index (Phi) is 4.39. The standard InChI is InChI=1S/C19H25NO5/c1-18(2,17(22)23)10-20-11-19(3,7-6-16(20)21)9-13-4-5-14-15(8-13)25-12-24-14/h4-5,8H,6-7,9-12H2,1-3H3,(H,22,23)/t19-/m1/s1. The smallest absolute Gasteiger partial charge is 0.310 e. The Morgan fingerprint density at radius 2 is 2.04 bits per heavy atom. The average Bonchev–Trinajstić information content (AvgIpc) is 2.98. The Hall–Kier alpha value is -2.24. The number of carbonyl (C=O) groups excluding carboxylic acids is 1. The normalized spacial score (nSPS) is 23.0. The van der Waals surface area contributed by atoms with Crippen molar-refractivity contribution in [1.29, 1.82) is 0 Å². The maximum absolute atomic E-state index is 12.3. The van der Waals surface area contributed by atoms with Crippen LogP contribution in [0.4, 0.5) is 0 Å². The Balaban J connectivity index is 1.72. The number of carbonyl (C=O) groups is 2. The third-order valence-electron chi connectivity index (χ3n) is 5.10. The van der Waals surface area contributed by atoms with E-state index in [4.69, 9.17) is 9.47 Å². The summed E-state index contributed by atoms with van der Waals surface area (Å²) in [6.45, 7) is 6.53. The topological polar surface area (TPSA) is 76.1 Å². The van der Waals surface area contributed by atoms with E-state index in [-0.39, 0.29) is 24.7 Å². The molecule has 0 radical (unpaired) electrons. The molecule has 1 aromatic carbocycles. The van der Waals surface area contributed by atoms with Crippen molar-refractivity contribution in [2.45, 2.75) is 40.0 Å². The van der Waals surface area contributed by atoms with E-state index in [2.05, 4.69) is 6.92 Å². The molecule has 0 bridgehead atoms. The van der Waals surface area contributed by atoms with E-state index in [1.165, 1.54) is 0 Å². The second-order valence-electron chi connectivity index (χ2n) is 8.11. The Bertz CT molecular complexity index is 699. The first-order valence-corrected chi connectivity index (χ1v) is 8.58. The number of fused-ring (bicyclic) bond motifs is 1. The fourth-order valence-electron chi connectivity index (χ4n) is 3.57. The summed E-state index contributed by atoms with van der Waals surface area (Å²) in [5, 5.41) is 9.35. The largest absolute Gasteiger partial charge is 0.481 e. The molecule has 0 saturated carbocycles. The second-order valence-corrected chi connectivity index (χ2v) is 8.11. The number of hydrogen-bond donors (Lipinski definition) is 1. The van der Waals surface area contributed by atoms with Crippen molar-refractivity contribution >= 4 is 11.9 Å². The van der Waals surface area contributed by atoms with Crippen molar-refractivity contribution in [3.63, 3.8) is 0 Å². The number of benzene rings is 1. The van der Waals surface area contributed by atoms with E-state index >= 15 is 0 Å². The monoisotopic (exact) mass is 347 g/mol. The molecule has 1 N–H and O–H groups in total.